The van der Waals surface area contributed by atoms with E-state index < -0.39 is 0 Å². The van der Waals surface area contributed by atoms with Gasteiger partial charge in [-0.05, 0) is 26.3 Å². The number of thiazole rings is 1. The third-order valence-electron chi connectivity index (χ3n) is 3.10. The maximum atomic E-state index is 5.67. The first-order valence-corrected chi connectivity index (χ1v) is 6.87. The minimum atomic E-state index is 0.120. The molecule has 0 saturated heterocycles. The SMILES string of the molecule is Cc1cccc(C(Cc2nc(C)c(C)s2)NN)c1. The standard InChI is InChI=1S/C14H19N3S/c1-9-5-4-6-12(7-9)13(17-15)8-14-16-10(2)11(3)18-14/h4-7,13,17H,8,15H2,1-3H3. The highest BCUT2D eigenvalue weighted by atomic mass is 32.1. The minimum Gasteiger partial charge on any atom is -0.271 e. The fourth-order valence-electron chi connectivity index (χ4n) is 1.96. The summed E-state index contributed by atoms with van der Waals surface area (Å²) < 4.78 is 0. The maximum absolute atomic E-state index is 5.67. The Morgan fingerprint density at radius 1 is 1.33 bits per heavy atom. The van der Waals surface area contributed by atoms with Crippen LogP contribution in [0.3, 0.4) is 0 Å². The number of hydrazine groups is 1. The van der Waals surface area contributed by atoms with Crippen molar-refractivity contribution in [2.45, 2.75) is 33.2 Å². The third kappa shape index (κ3) is 2.96. The smallest absolute Gasteiger partial charge is 0.0950 e. The second-order valence-corrected chi connectivity index (χ2v) is 5.87. The van der Waals surface area contributed by atoms with E-state index in [1.54, 1.807) is 11.3 Å². The van der Waals surface area contributed by atoms with Gasteiger partial charge < -0.3 is 0 Å². The summed E-state index contributed by atoms with van der Waals surface area (Å²) in [6.45, 7) is 6.25. The zero-order chi connectivity index (χ0) is 13.1. The van der Waals surface area contributed by atoms with Crippen molar-refractivity contribution in [1.82, 2.24) is 10.4 Å². The van der Waals surface area contributed by atoms with Gasteiger partial charge in [-0.2, -0.15) is 0 Å². The van der Waals surface area contributed by atoms with Gasteiger partial charge in [0.2, 0.25) is 0 Å². The summed E-state index contributed by atoms with van der Waals surface area (Å²) in [6.07, 6.45) is 0.833. The fraction of sp³-hybridized carbons (Fsp3) is 0.357. The Hall–Kier alpha value is -1.23. The topological polar surface area (TPSA) is 50.9 Å². The number of rotatable bonds is 4. The number of nitrogens with one attached hydrogen (secondary N) is 1. The number of hydrogen-bond donors (Lipinski definition) is 2. The Morgan fingerprint density at radius 2 is 2.11 bits per heavy atom. The van der Waals surface area contributed by atoms with Crippen molar-refractivity contribution in [3.05, 3.63) is 51.0 Å². The second kappa shape index (κ2) is 5.61. The van der Waals surface area contributed by atoms with E-state index in [-0.39, 0.29) is 6.04 Å². The number of hydrogen-bond acceptors (Lipinski definition) is 4. The quantitative estimate of drug-likeness (QED) is 0.657. The van der Waals surface area contributed by atoms with Crippen LogP contribution in [0.4, 0.5) is 0 Å². The fourth-order valence-corrected chi connectivity index (χ4v) is 2.94. The highest BCUT2D eigenvalue weighted by molar-refractivity contribution is 7.11. The minimum absolute atomic E-state index is 0.120. The molecule has 0 aliphatic carbocycles. The monoisotopic (exact) mass is 261 g/mol. The molecular formula is C14H19N3S. The Morgan fingerprint density at radius 3 is 2.67 bits per heavy atom. The summed E-state index contributed by atoms with van der Waals surface area (Å²) >= 11 is 1.75. The first-order valence-electron chi connectivity index (χ1n) is 6.05. The van der Waals surface area contributed by atoms with Gasteiger partial charge in [-0.3, -0.25) is 11.3 Å². The van der Waals surface area contributed by atoms with Gasteiger partial charge in [0.05, 0.1) is 16.7 Å². The van der Waals surface area contributed by atoms with Crippen LogP contribution in [0.15, 0.2) is 24.3 Å². The van der Waals surface area contributed by atoms with Gasteiger partial charge in [-0.1, -0.05) is 29.8 Å². The molecular weight excluding hydrogens is 242 g/mol. The summed E-state index contributed by atoms with van der Waals surface area (Å²) in [5, 5.41) is 1.13. The molecule has 2 aromatic rings. The molecule has 0 aliphatic rings. The molecule has 1 atom stereocenters. The molecule has 96 valence electrons. The lowest BCUT2D eigenvalue weighted by Crippen LogP contribution is -2.29. The van der Waals surface area contributed by atoms with Gasteiger partial charge in [0.15, 0.2) is 0 Å². The molecule has 0 radical (unpaired) electrons. The zero-order valence-corrected chi connectivity index (χ0v) is 11.8. The average molecular weight is 261 g/mol. The maximum Gasteiger partial charge on any atom is 0.0950 e. The predicted octanol–water partition coefficient (Wildman–Crippen LogP) is 2.82. The summed E-state index contributed by atoms with van der Waals surface area (Å²) in [5.74, 6) is 5.67. The zero-order valence-electron chi connectivity index (χ0n) is 11.0. The Balaban J connectivity index is 2.19. The molecule has 1 aromatic carbocycles. The van der Waals surface area contributed by atoms with Gasteiger partial charge in [0.25, 0.3) is 0 Å². The van der Waals surface area contributed by atoms with Crippen molar-refractivity contribution in [2.75, 3.05) is 0 Å². The van der Waals surface area contributed by atoms with Crippen LogP contribution in [0.2, 0.25) is 0 Å². The van der Waals surface area contributed by atoms with E-state index in [1.165, 1.54) is 16.0 Å². The van der Waals surface area contributed by atoms with Crippen LogP contribution in [0, 0.1) is 20.8 Å². The highest BCUT2D eigenvalue weighted by Gasteiger charge is 2.13. The molecule has 2 rings (SSSR count). The van der Waals surface area contributed by atoms with Crippen molar-refractivity contribution >= 4 is 11.3 Å². The van der Waals surface area contributed by atoms with Crippen molar-refractivity contribution in [3.63, 3.8) is 0 Å². The summed E-state index contributed by atoms with van der Waals surface area (Å²) in [6, 6.07) is 8.54. The van der Waals surface area contributed by atoms with Gasteiger partial charge in [-0.15, -0.1) is 11.3 Å². The van der Waals surface area contributed by atoms with Crippen LogP contribution >= 0.6 is 11.3 Å². The largest absolute Gasteiger partial charge is 0.271 e. The summed E-state index contributed by atoms with van der Waals surface area (Å²) in [7, 11) is 0. The molecule has 0 aliphatic heterocycles. The van der Waals surface area contributed by atoms with Gasteiger partial charge >= 0.3 is 0 Å². The van der Waals surface area contributed by atoms with Crippen molar-refractivity contribution in [3.8, 4) is 0 Å². The van der Waals surface area contributed by atoms with Gasteiger partial charge in [0, 0.05) is 11.3 Å². The van der Waals surface area contributed by atoms with Crippen molar-refractivity contribution in [2.24, 2.45) is 5.84 Å². The number of nitrogens with two attached hydrogens (primary N) is 1. The van der Waals surface area contributed by atoms with Crippen molar-refractivity contribution in [1.29, 1.82) is 0 Å². The number of benzene rings is 1. The van der Waals surface area contributed by atoms with E-state index in [1.807, 2.05) is 6.92 Å². The van der Waals surface area contributed by atoms with Crippen LogP contribution in [0.25, 0.3) is 0 Å². The van der Waals surface area contributed by atoms with Gasteiger partial charge in [-0.25, -0.2) is 4.98 Å². The van der Waals surface area contributed by atoms with E-state index in [0.717, 1.165) is 17.1 Å². The average Bonchev–Trinajstić information content (AvgIpc) is 2.65. The third-order valence-corrected chi connectivity index (χ3v) is 4.19. The van der Waals surface area contributed by atoms with Crippen LogP contribution < -0.4 is 11.3 Å². The number of aryl methyl sites for hydroxylation is 3. The van der Waals surface area contributed by atoms with Gasteiger partial charge in [0.1, 0.15) is 0 Å². The molecule has 3 N–H and O–H groups in total. The Kier molecular flexibility index (Phi) is 4.11. The molecule has 1 heterocycles. The molecule has 4 heteroatoms. The summed E-state index contributed by atoms with van der Waals surface area (Å²) in [4.78, 5) is 5.85. The van der Waals surface area contributed by atoms with E-state index >= 15 is 0 Å². The Labute approximate surface area is 112 Å². The van der Waals surface area contributed by atoms with Crippen LogP contribution in [-0.4, -0.2) is 4.98 Å². The van der Waals surface area contributed by atoms with E-state index in [4.69, 9.17) is 5.84 Å². The predicted molar refractivity (Wildman–Crippen MR) is 76.5 cm³/mol. The van der Waals surface area contributed by atoms with E-state index in [0.29, 0.717) is 0 Å². The molecule has 0 fully saturated rings. The normalized spacial score (nSPS) is 12.7. The van der Waals surface area contributed by atoms with Crippen LogP contribution in [-0.2, 0) is 6.42 Å². The molecule has 18 heavy (non-hydrogen) atoms. The first kappa shape index (κ1) is 13.2. The summed E-state index contributed by atoms with van der Waals surface area (Å²) in [5.41, 5.74) is 6.47. The Bertz CT molecular complexity index is 514. The molecule has 0 spiro atoms. The van der Waals surface area contributed by atoms with E-state index in [2.05, 4.69) is 48.5 Å². The lowest BCUT2D eigenvalue weighted by Gasteiger charge is -2.15. The lowest BCUT2D eigenvalue weighted by atomic mass is 10.0. The molecule has 0 amide bonds. The van der Waals surface area contributed by atoms with Crippen LogP contribution in [0.1, 0.15) is 32.7 Å². The number of aromatic nitrogens is 1. The molecule has 3 nitrogen and oxygen atoms in total. The highest BCUT2D eigenvalue weighted by Crippen LogP contribution is 2.23. The molecule has 1 unspecified atom stereocenters. The first-order chi connectivity index (χ1) is 8.60. The van der Waals surface area contributed by atoms with Crippen LogP contribution in [0.5, 0.6) is 0 Å². The molecule has 0 saturated carbocycles. The number of nitrogens with zero attached hydrogens (tertiary/aromatic N) is 1. The molecule has 0 bridgehead atoms. The second-order valence-electron chi connectivity index (χ2n) is 4.59. The molecule has 1 aromatic heterocycles. The van der Waals surface area contributed by atoms with Crippen molar-refractivity contribution < 1.29 is 0 Å². The van der Waals surface area contributed by atoms with E-state index in [9.17, 15) is 0 Å². The lowest BCUT2D eigenvalue weighted by molar-refractivity contribution is 0.550.